The monoisotopic (exact) mass is 258 g/mol. The molecule has 0 amide bonds. The van der Waals surface area contributed by atoms with E-state index in [4.69, 9.17) is 10.5 Å². The van der Waals surface area contributed by atoms with E-state index in [1.54, 1.807) is 6.07 Å². The highest BCUT2D eigenvalue weighted by Gasteiger charge is 2.07. The van der Waals surface area contributed by atoms with Crippen molar-refractivity contribution in [3.63, 3.8) is 0 Å². The maximum Gasteiger partial charge on any atom is 0.226 e. The van der Waals surface area contributed by atoms with Crippen molar-refractivity contribution in [1.82, 2.24) is 9.97 Å². The minimum atomic E-state index is 0.193. The van der Waals surface area contributed by atoms with Crippen molar-refractivity contribution in [2.75, 3.05) is 17.6 Å². The van der Waals surface area contributed by atoms with Crippen LogP contribution < -0.4 is 15.8 Å². The average molecular weight is 258 g/mol. The molecule has 19 heavy (non-hydrogen) atoms. The average Bonchev–Trinajstić information content (AvgIpc) is 2.35. The number of nitrogens with one attached hydrogen (secondary N) is 1. The number of aryl methyl sites for hydroxylation is 1. The van der Waals surface area contributed by atoms with Crippen molar-refractivity contribution < 1.29 is 4.74 Å². The number of nitrogen functional groups attached to an aromatic ring is 1. The van der Waals surface area contributed by atoms with Gasteiger partial charge in [0.25, 0.3) is 0 Å². The van der Waals surface area contributed by atoms with Gasteiger partial charge in [-0.05, 0) is 38.0 Å². The van der Waals surface area contributed by atoms with Gasteiger partial charge in [-0.2, -0.15) is 9.97 Å². The van der Waals surface area contributed by atoms with Crippen molar-refractivity contribution in [2.45, 2.75) is 20.8 Å². The van der Waals surface area contributed by atoms with Gasteiger partial charge >= 0.3 is 0 Å². The lowest BCUT2D eigenvalue weighted by atomic mass is 10.1. The van der Waals surface area contributed by atoms with Crippen LogP contribution >= 0.6 is 0 Å². The number of ether oxygens (including phenoxy) is 1. The minimum absolute atomic E-state index is 0.193. The van der Waals surface area contributed by atoms with Crippen LogP contribution in [0.4, 0.5) is 11.8 Å². The molecule has 2 rings (SSSR count). The molecule has 0 aliphatic heterocycles. The third-order valence-corrected chi connectivity index (χ3v) is 2.85. The van der Waals surface area contributed by atoms with Crippen LogP contribution in [0.3, 0.4) is 0 Å². The Bertz CT molecular complexity index is 584. The first kappa shape index (κ1) is 13.1. The molecule has 1 aromatic carbocycles. The number of hydrogen-bond donors (Lipinski definition) is 2. The summed E-state index contributed by atoms with van der Waals surface area (Å²) in [6.07, 6.45) is 0. The predicted molar refractivity (Wildman–Crippen MR) is 76.6 cm³/mol. The Morgan fingerprint density at radius 2 is 2.05 bits per heavy atom. The van der Waals surface area contributed by atoms with Crippen molar-refractivity contribution in [1.29, 1.82) is 0 Å². The standard InChI is InChI=1S/C14H18N4O/c1-4-16-12-8-13(18-14(15)17-12)19-11-7-5-6-9(2)10(11)3/h5-8H,4H2,1-3H3,(H3,15,16,17,18). The molecule has 0 radical (unpaired) electrons. The molecule has 3 N–H and O–H groups in total. The summed E-state index contributed by atoms with van der Waals surface area (Å²) < 4.78 is 5.79. The number of rotatable bonds is 4. The fraction of sp³-hybridized carbons (Fsp3) is 0.286. The predicted octanol–water partition coefficient (Wildman–Crippen LogP) is 2.90. The molecule has 0 fully saturated rings. The van der Waals surface area contributed by atoms with E-state index < -0.39 is 0 Å². The highest BCUT2D eigenvalue weighted by atomic mass is 16.5. The van der Waals surface area contributed by atoms with Crippen molar-refractivity contribution >= 4 is 11.8 Å². The SMILES string of the molecule is CCNc1cc(Oc2cccc(C)c2C)nc(N)n1. The molecule has 0 aliphatic carbocycles. The maximum atomic E-state index is 5.79. The van der Waals surface area contributed by atoms with E-state index in [2.05, 4.69) is 15.3 Å². The zero-order chi connectivity index (χ0) is 13.8. The molecule has 0 bridgehead atoms. The minimum Gasteiger partial charge on any atom is -0.438 e. The maximum absolute atomic E-state index is 5.79. The van der Waals surface area contributed by atoms with Gasteiger partial charge in [0.1, 0.15) is 11.6 Å². The van der Waals surface area contributed by atoms with Gasteiger partial charge in [-0.25, -0.2) is 0 Å². The van der Waals surface area contributed by atoms with Gasteiger partial charge in [0, 0.05) is 12.6 Å². The summed E-state index contributed by atoms with van der Waals surface area (Å²) in [6.45, 7) is 6.81. The van der Waals surface area contributed by atoms with Gasteiger partial charge < -0.3 is 15.8 Å². The Morgan fingerprint density at radius 3 is 2.79 bits per heavy atom. The van der Waals surface area contributed by atoms with Crippen LogP contribution in [-0.2, 0) is 0 Å². The first-order chi connectivity index (χ1) is 9.10. The molecule has 2 aromatic rings. The first-order valence-corrected chi connectivity index (χ1v) is 6.22. The number of anilines is 2. The summed E-state index contributed by atoms with van der Waals surface area (Å²) in [4.78, 5) is 8.17. The number of benzene rings is 1. The lowest BCUT2D eigenvalue weighted by Gasteiger charge is -2.11. The molecule has 1 aromatic heterocycles. The fourth-order valence-electron chi connectivity index (χ4n) is 1.71. The zero-order valence-corrected chi connectivity index (χ0v) is 11.4. The van der Waals surface area contributed by atoms with Gasteiger partial charge in [-0.1, -0.05) is 12.1 Å². The summed E-state index contributed by atoms with van der Waals surface area (Å²) in [6, 6.07) is 7.64. The van der Waals surface area contributed by atoms with Gasteiger partial charge in [0.05, 0.1) is 0 Å². The van der Waals surface area contributed by atoms with Gasteiger partial charge in [0.15, 0.2) is 0 Å². The van der Waals surface area contributed by atoms with Crippen LogP contribution in [0.2, 0.25) is 0 Å². The molecule has 5 nitrogen and oxygen atoms in total. The first-order valence-electron chi connectivity index (χ1n) is 6.22. The molecule has 5 heteroatoms. The summed E-state index contributed by atoms with van der Waals surface area (Å²) >= 11 is 0. The number of aromatic nitrogens is 2. The third-order valence-electron chi connectivity index (χ3n) is 2.85. The Kier molecular flexibility index (Phi) is 3.85. The second-order valence-electron chi connectivity index (χ2n) is 4.28. The van der Waals surface area contributed by atoms with Crippen molar-refractivity contribution in [2.24, 2.45) is 0 Å². The largest absolute Gasteiger partial charge is 0.438 e. The van der Waals surface area contributed by atoms with Crippen molar-refractivity contribution in [3.8, 4) is 11.6 Å². The number of nitrogens with zero attached hydrogens (tertiary/aromatic N) is 2. The highest BCUT2D eigenvalue weighted by Crippen LogP contribution is 2.27. The second kappa shape index (κ2) is 5.56. The van der Waals surface area contributed by atoms with E-state index in [1.165, 1.54) is 5.56 Å². The van der Waals surface area contributed by atoms with Crippen LogP contribution in [-0.4, -0.2) is 16.5 Å². The molecule has 0 unspecified atom stereocenters. The van der Waals surface area contributed by atoms with Crippen LogP contribution in [0, 0.1) is 13.8 Å². The van der Waals surface area contributed by atoms with Crippen LogP contribution in [0.1, 0.15) is 18.1 Å². The van der Waals surface area contributed by atoms with Gasteiger partial charge in [-0.3, -0.25) is 0 Å². The Morgan fingerprint density at radius 1 is 1.26 bits per heavy atom. The quantitative estimate of drug-likeness (QED) is 0.882. The van der Waals surface area contributed by atoms with Crippen LogP contribution in [0.5, 0.6) is 11.6 Å². The Labute approximate surface area is 112 Å². The summed E-state index contributed by atoms with van der Waals surface area (Å²) in [5.74, 6) is 2.08. The number of nitrogens with two attached hydrogens (primary N) is 1. The van der Waals surface area contributed by atoms with Crippen LogP contribution in [0.15, 0.2) is 24.3 Å². The van der Waals surface area contributed by atoms with Crippen LogP contribution in [0.25, 0.3) is 0 Å². The molecule has 0 saturated carbocycles. The van der Waals surface area contributed by atoms with Gasteiger partial charge in [0.2, 0.25) is 11.8 Å². The smallest absolute Gasteiger partial charge is 0.226 e. The molecule has 1 heterocycles. The van der Waals surface area contributed by atoms with E-state index in [0.717, 1.165) is 17.9 Å². The highest BCUT2D eigenvalue weighted by molar-refractivity contribution is 5.45. The molecular formula is C14H18N4O. The third kappa shape index (κ3) is 3.13. The molecule has 0 aliphatic rings. The topological polar surface area (TPSA) is 73.1 Å². The van der Waals surface area contributed by atoms with E-state index in [1.807, 2.05) is 39.0 Å². The van der Waals surface area contributed by atoms with E-state index in [0.29, 0.717) is 11.7 Å². The lowest BCUT2D eigenvalue weighted by Crippen LogP contribution is -2.04. The molecule has 0 spiro atoms. The summed E-state index contributed by atoms with van der Waals surface area (Å²) in [5.41, 5.74) is 7.93. The van der Waals surface area contributed by atoms with Gasteiger partial charge in [-0.15, -0.1) is 0 Å². The van der Waals surface area contributed by atoms with E-state index in [-0.39, 0.29) is 5.95 Å². The normalized spacial score (nSPS) is 10.3. The summed E-state index contributed by atoms with van der Waals surface area (Å²) in [5, 5.41) is 3.09. The zero-order valence-electron chi connectivity index (χ0n) is 11.4. The summed E-state index contributed by atoms with van der Waals surface area (Å²) in [7, 11) is 0. The molecule has 0 atom stereocenters. The second-order valence-corrected chi connectivity index (χ2v) is 4.28. The van der Waals surface area contributed by atoms with Crippen molar-refractivity contribution in [3.05, 3.63) is 35.4 Å². The molecule has 100 valence electrons. The Balaban J connectivity index is 2.30. The van der Waals surface area contributed by atoms with E-state index >= 15 is 0 Å². The fourth-order valence-corrected chi connectivity index (χ4v) is 1.71. The lowest BCUT2D eigenvalue weighted by molar-refractivity contribution is 0.459. The Hall–Kier alpha value is -2.30. The van der Waals surface area contributed by atoms with E-state index in [9.17, 15) is 0 Å². The molecule has 0 saturated heterocycles. The number of hydrogen-bond acceptors (Lipinski definition) is 5. The molecular weight excluding hydrogens is 240 g/mol.